The van der Waals surface area contributed by atoms with Gasteiger partial charge in [0.05, 0.1) is 34.9 Å². The van der Waals surface area contributed by atoms with Gasteiger partial charge >= 0.3 is 0 Å². The molecule has 42 heavy (non-hydrogen) atoms. The molecule has 2 fully saturated rings. The van der Waals surface area contributed by atoms with Crippen molar-refractivity contribution in [1.29, 1.82) is 0 Å². The monoisotopic (exact) mass is 572 g/mol. The molecule has 0 atom stereocenters. The Hall–Kier alpha value is -3.89. The summed E-state index contributed by atoms with van der Waals surface area (Å²) in [7, 11) is 3.64. The fourth-order valence-electron chi connectivity index (χ4n) is 6.37. The minimum absolute atomic E-state index is 0.0154. The van der Waals surface area contributed by atoms with Gasteiger partial charge < -0.3 is 19.3 Å². The molecule has 6 rings (SSSR count). The third-order valence-electron chi connectivity index (χ3n) is 8.92. The highest BCUT2D eigenvalue weighted by atomic mass is 19.1. The number of aromatic nitrogens is 4. The number of nitrogens with one attached hydrogen (secondary N) is 1. The molecule has 4 heterocycles. The molecule has 3 aromatic heterocycles. The van der Waals surface area contributed by atoms with Gasteiger partial charge in [0.1, 0.15) is 11.4 Å². The first-order valence-corrected chi connectivity index (χ1v) is 14.6. The average molecular weight is 573 g/mol. The lowest BCUT2D eigenvalue weighted by Gasteiger charge is -2.34. The number of nitrogens with zero attached hydrogens (tertiary/aromatic N) is 5. The molecule has 0 radical (unpaired) electrons. The van der Waals surface area contributed by atoms with Gasteiger partial charge in [-0.05, 0) is 101 Å². The Bertz CT molecular complexity index is 1600. The number of pyridine rings is 2. The number of hydrogen-bond donors (Lipinski definition) is 2. The van der Waals surface area contributed by atoms with Crippen LogP contribution in [0.15, 0.2) is 48.9 Å². The van der Waals surface area contributed by atoms with Crippen molar-refractivity contribution >= 4 is 22.9 Å². The molecule has 1 saturated heterocycles. The Morgan fingerprint density at radius 3 is 2.62 bits per heavy atom. The largest absolute Gasteiger partial charge is 0.496 e. The maximum Gasteiger partial charge on any atom is 0.261 e. The van der Waals surface area contributed by atoms with Crippen LogP contribution in [0, 0.1) is 5.82 Å². The Morgan fingerprint density at radius 1 is 1.12 bits per heavy atom. The Balaban J connectivity index is 1.36. The predicted octanol–water partition coefficient (Wildman–Crippen LogP) is 5.57. The molecule has 1 aromatic carbocycles. The smallest absolute Gasteiger partial charge is 0.261 e. The van der Waals surface area contributed by atoms with Gasteiger partial charge in [0.25, 0.3) is 5.91 Å². The summed E-state index contributed by atoms with van der Waals surface area (Å²) >= 11 is 0. The number of anilines is 1. The van der Waals surface area contributed by atoms with Crippen molar-refractivity contribution < 1.29 is 19.0 Å². The highest BCUT2D eigenvalue weighted by Crippen LogP contribution is 2.39. The zero-order valence-corrected chi connectivity index (χ0v) is 24.3. The average Bonchev–Trinajstić information content (AvgIpc) is 3.34. The second-order valence-electron chi connectivity index (χ2n) is 11.9. The molecule has 0 unspecified atom stereocenters. The Kier molecular flexibility index (Phi) is 7.67. The Morgan fingerprint density at radius 2 is 1.88 bits per heavy atom. The summed E-state index contributed by atoms with van der Waals surface area (Å²) in [6, 6.07) is 9.43. The molecule has 4 aromatic rings. The predicted molar refractivity (Wildman–Crippen MR) is 159 cm³/mol. The van der Waals surface area contributed by atoms with E-state index in [4.69, 9.17) is 9.72 Å². The number of aliphatic hydroxyl groups is 1. The van der Waals surface area contributed by atoms with Gasteiger partial charge in [-0.2, -0.15) is 0 Å². The van der Waals surface area contributed by atoms with Gasteiger partial charge in [-0.15, -0.1) is 0 Å². The lowest BCUT2D eigenvalue weighted by molar-refractivity contribution is 0.0106. The van der Waals surface area contributed by atoms with Crippen LogP contribution in [-0.2, 0) is 0 Å². The van der Waals surface area contributed by atoms with E-state index in [1.807, 2.05) is 6.92 Å². The summed E-state index contributed by atoms with van der Waals surface area (Å²) in [6.45, 7) is 3.99. The lowest BCUT2D eigenvalue weighted by Crippen LogP contribution is -2.32. The molecule has 1 saturated carbocycles. The van der Waals surface area contributed by atoms with Crippen molar-refractivity contribution in [3.05, 3.63) is 65.9 Å². The summed E-state index contributed by atoms with van der Waals surface area (Å²) in [6.07, 6.45) is 9.38. The maximum atomic E-state index is 15.8. The number of carbonyl (C=O) groups excluding carboxylic acids is 1. The van der Waals surface area contributed by atoms with Crippen LogP contribution in [0.25, 0.3) is 22.3 Å². The standard InChI is InChI=1S/C32H37FN6O3/c1-32(41)12-6-22(7-13-32)39-26-5-4-21(20-10-16-38(2)17-11-20)18-25(26)36-31(39)37-30(40)23-8-15-35-29(28(23)33)24-19-34-14-9-27(24)42-3/h4-5,8-9,14-15,18-20,22,41H,6-7,10-13,16-17H2,1-3H3,(H,36,37,40). The molecule has 2 aliphatic rings. The van der Waals surface area contributed by atoms with Crippen LogP contribution in [0.3, 0.4) is 0 Å². The molecular formula is C32H37FN6O3. The van der Waals surface area contributed by atoms with Gasteiger partial charge in [-0.1, -0.05) is 6.07 Å². The van der Waals surface area contributed by atoms with E-state index in [9.17, 15) is 9.90 Å². The zero-order chi connectivity index (χ0) is 29.4. The number of benzene rings is 1. The van der Waals surface area contributed by atoms with Crippen LogP contribution in [0.1, 0.15) is 73.3 Å². The van der Waals surface area contributed by atoms with E-state index in [2.05, 4.69) is 50.0 Å². The van der Waals surface area contributed by atoms with Gasteiger partial charge in [0.15, 0.2) is 5.82 Å². The van der Waals surface area contributed by atoms with Crippen molar-refractivity contribution in [3.63, 3.8) is 0 Å². The molecule has 0 bridgehead atoms. The van der Waals surface area contributed by atoms with Gasteiger partial charge in [0, 0.05) is 24.6 Å². The number of rotatable bonds is 6. The number of halogens is 1. The number of ether oxygens (including phenoxy) is 1. The second-order valence-corrected chi connectivity index (χ2v) is 11.9. The number of hydrogen-bond acceptors (Lipinski definition) is 7. The van der Waals surface area contributed by atoms with Crippen LogP contribution in [0.2, 0.25) is 0 Å². The number of likely N-dealkylation sites (tertiary alicyclic amines) is 1. The topological polar surface area (TPSA) is 105 Å². The first-order valence-electron chi connectivity index (χ1n) is 14.6. The summed E-state index contributed by atoms with van der Waals surface area (Å²) in [5.74, 6) is -0.133. The van der Waals surface area contributed by atoms with Crippen molar-refractivity contribution in [2.45, 2.75) is 63.0 Å². The van der Waals surface area contributed by atoms with E-state index < -0.39 is 17.3 Å². The third-order valence-corrected chi connectivity index (χ3v) is 8.92. The van der Waals surface area contributed by atoms with Gasteiger partial charge in [-0.3, -0.25) is 20.1 Å². The van der Waals surface area contributed by atoms with Crippen molar-refractivity contribution in [3.8, 4) is 17.0 Å². The fraction of sp³-hybridized carbons (Fsp3) is 0.438. The minimum Gasteiger partial charge on any atom is -0.496 e. The molecule has 10 heteroatoms. The number of fused-ring (bicyclic) bond motifs is 1. The number of methoxy groups -OCH3 is 1. The molecule has 1 aliphatic carbocycles. The Labute approximate surface area is 244 Å². The number of piperidine rings is 1. The lowest BCUT2D eigenvalue weighted by atomic mass is 9.83. The van der Waals surface area contributed by atoms with Crippen LogP contribution in [0.4, 0.5) is 10.3 Å². The van der Waals surface area contributed by atoms with Crippen molar-refractivity contribution in [1.82, 2.24) is 24.4 Å². The van der Waals surface area contributed by atoms with E-state index in [0.717, 1.165) is 49.8 Å². The summed E-state index contributed by atoms with van der Waals surface area (Å²) < 4.78 is 23.2. The molecule has 0 spiro atoms. The van der Waals surface area contributed by atoms with Crippen LogP contribution >= 0.6 is 0 Å². The summed E-state index contributed by atoms with van der Waals surface area (Å²) in [5.41, 5.74) is 2.46. The summed E-state index contributed by atoms with van der Waals surface area (Å²) in [4.78, 5) is 29.1. The van der Waals surface area contributed by atoms with E-state index in [1.165, 1.54) is 31.1 Å². The maximum absolute atomic E-state index is 15.8. The quantitative estimate of drug-likeness (QED) is 0.311. The molecular weight excluding hydrogens is 535 g/mol. The van der Waals surface area contributed by atoms with Crippen LogP contribution in [0.5, 0.6) is 5.75 Å². The van der Waals surface area contributed by atoms with E-state index in [0.29, 0.717) is 36.0 Å². The van der Waals surface area contributed by atoms with E-state index >= 15 is 4.39 Å². The normalized spacial score (nSPS) is 21.9. The van der Waals surface area contributed by atoms with E-state index in [-0.39, 0.29) is 17.3 Å². The SMILES string of the molecule is COc1ccncc1-c1nccc(C(=O)Nc2nc3cc(C4CCN(C)CC4)ccc3n2C2CCC(C)(O)CC2)c1F. The van der Waals surface area contributed by atoms with Crippen molar-refractivity contribution in [2.75, 3.05) is 32.6 Å². The highest BCUT2D eigenvalue weighted by molar-refractivity contribution is 6.05. The summed E-state index contributed by atoms with van der Waals surface area (Å²) in [5, 5.41) is 13.5. The van der Waals surface area contributed by atoms with Gasteiger partial charge in [-0.25, -0.2) is 9.37 Å². The third kappa shape index (κ3) is 5.48. The zero-order valence-electron chi connectivity index (χ0n) is 24.3. The fourth-order valence-corrected chi connectivity index (χ4v) is 6.37. The molecule has 2 N–H and O–H groups in total. The second kappa shape index (κ2) is 11.4. The van der Waals surface area contributed by atoms with Crippen molar-refractivity contribution in [2.24, 2.45) is 0 Å². The molecule has 1 aliphatic heterocycles. The van der Waals surface area contributed by atoms with E-state index in [1.54, 1.807) is 12.3 Å². The minimum atomic E-state index is -0.762. The number of amides is 1. The first kappa shape index (κ1) is 28.2. The van der Waals surface area contributed by atoms with Crippen LogP contribution < -0.4 is 10.1 Å². The first-order chi connectivity index (χ1) is 20.2. The molecule has 9 nitrogen and oxygen atoms in total. The number of imidazole rings is 1. The molecule has 220 valence electrons. The molecule has 1 amide bonds. The highest BCUT2D eigenvalue weighted by Gasteiger charge is 2.32. The number of carbonyl (C=O) groups is 1. The van der Waals surface area contributed by atoms with Gasteiger partial charge in [0.2, 0.25) is 5.95 Å². The van der Waals surface area contributed by atoms with Crippen LogP contribution in [-0.4, -0.2) is 68.3 Å².